The summed E-state index contributed by atoms with van der Waals surface area (Å²) in [5.74, 6) is 4.89. The molecule has 0 atom stereocenters. The highest BCUT2D eigenvalue weighted by Gasteiger charge is 2.06. The Morgan fingerprint density at radius 2 is 2.06 bits per heavy atom. The Kier molecular flexibility index (Phi) is 3.52. The van der Waals surface area contributed by atoms with Crippen LogP contribution in [0.25, 0.3) is 0 Å². The molecular formula is C12H14N4O. The molecule has 17 heavy (non-hydrogen) atoms. The molecule has 1 amide bonds. The highest BCUT2D eigenvalue weighted by Crippen LogP contribution is 2.11. The molecule has 0 fully saturated rings. The summed E-state index contributed by atoms with van der Waals surface area (Å²) in [6.45, 7) is 0.654. The van der Waals surface area contributed by atoms with E-state index in [-0.39, 0.29) is 12.3 Å². The molecule has 5 heteroatoms. The minimum absolute atomic E-state index is 0.196. The van der Waals surface area contributed by atoms with Crippen LogP contribution in [0.15, 0.2) is 42.7 Å². The van der Waals surface area contributed by atoms with E-state index in [1.807, 2.05) is 41.2 Å². The Labute approximate surface area is 99.2 Å². The molecule has 1 aromatic heterocycles. The van der Waals surface area contributed by atoms with E-state index in [1.165, 1.54) is 0 Å². The average Bonchev–Trinajstić information content (AvgIpc) is 2.84. The normalized spacial score (nSPS) is 10.2. The van der Waals surface area contributed by atoms with E-state index in [2.05, 4.69) is 10.5 Å². The van der Waals surface area contributed by atoms with E-state index < -0.39 is 0 Å². The van der Waals surface area contributed by atoms with Crippen LogP contribution in [0.2, 0.25) is 0 Å². The van der Waals surface area contributed by atoms with Crippen molar-refractivity contribution in [3.8, 4) is 0 Å². The van der Waals surface area contributed by atoms with E-state index in [1.54, 1.807) is 6.20 Å². The van der Waals surface area contributed by atoms with Crippen molar-refractivity contribution in [2.45, 2.75) is 13.0 Å². The summed E-state index contributed by atoms with van der Waals surface area (Å²) in [4.78, 5) is 11.3. The van der Waals surface area contributed by atoms with Crippen molar-refractivity contribution in [3.63, 3.8) is 0 Å². The van der Waals surface area contributed by atoms with Gasteiger partial charge in [-0.25, -0.2) is 5.84 Å². The van der Waals surface area contributed by atoms with Crippen LogP contribution in [0.5, 0.6) is 0 Å². The summed E-state index contributed by atoms with van der Waals surface area (Å²) in [7, 11) is 0. The number of aromatic nitrogens is 2. The van der Waals surface area contributed by atoms with Crippen molar-refractivity contribution in [2.75, 3.05) is 0 Å². The Morgan fingerprint density at radius 3 is 2.71 bits per heavy atom. The maximum absolute atomic E-state index is 11.3. The van der Waals surface area contributed by atoms with Gasteiger partial charge in [0.2, 0.25) is 5.91 Å². The number of carbonyl (C=O) groups is 1. The number of carbonyl (C=O) groups excluding carboxylic acids is 1. The van der Waals surface area contributed by atoms with Gasteiger partial charge in [0.1, 0.15) is 0 Å². The zero-order valence-electron chi connectivity index (χ0n) is 9.34. The van der Waals surface area contributed by atoms with E-state index in [0.29, 0.717) is 6.54 Å². The number of hydrogen-bond acceptors (Lipinski definition) is 3. The van der Waals surface area contributed by atoms with Crippen molar-refractivity contribution in [1.82, 2.24) is 15.2 Å². The van der Waals surface area contributed by atoms with E-state index in [4.69, 9.17) is 5.84 Å². The number of nitrogens with zero attached hydrogens (tertiary/aromatic N) is 2. The van der Waals surface area contributed by atoms with Gasteiger partial charge in [0.05, 0.1) is 13.0 Å². The van der Waals surface area contributed by atoms with E-state index in [9.17, 15) is 4.79 Å². The van der Waals surface area contributed by atoms with Crippen molar-refractivity contribution >= 4 is 5.91 Å². The van der Waals surface area contributed by atoms with Crippen LogP contribution in [0, 0.1) is 0 Å². The number of hydrogen-bond donors (Lipinski definition) is 2. The van der Waals surface area contributed by atoms with Crippen molar-refractivity contribution < 1.29 is 4.79 Å². The molecule has 0 aliphatic heterocycles. The molecule has 0 aliphatic carbocycles. The first-order valence-electron chi connectivity index (χ1n) is 5.33. The third kappa shape index (κ3) is 2.92. The minimum Gasteiger partial charge on any atom is -0.294 e. The second-order valence-corrected chi connectivity index (χ2v) is 3.72. The Hall–Kier alpha value is -2.14. The highest BCUT2D eigenvalue weighted by atomic mass is 16.2. The molecule has 0 bridgehead atoms. The van der Waals surface area contributed by atoms with Crippen LogP contribution >= 0.6 is 0 Å². The van der Waals surface area contributed by atoms with E-state index in [0.717, 1.165) is 11.1 Å². The summed E-state index contributed by atoms with van der Waals surface area (Å²) in [6.07, 6.45) is 3.91. The summed E-state index contributed by atoms with van der Waals surface area (Å²) in [5, 5.41) is 4.14. The van der Waals surface area contributed by atoms with Gasteiger partial charge in [-0.05, 0) is 17.2 Å². The number of rotatable bonds is 4. The lowest BCUT2D eigenvalue weighted by atomic mass is 10.0. The van der Waals surface area contributed by atoms with Crippen molar-refractivity contribution in [1.29, 1.82) is 0 Å². The number of nitrogens with two attached hydrogens (primary N) is 1. The predicted molar refractivity (Wildman–Crippen MR) is 63.8 cm³/mol. The van der Waals surface area contributed by atoms with Gasteiger partial charge >= 0.3 is 0 Å². The van der Waals surface area contributed by atoms with Crippen LogP contribution in [0.1, 0.15) is 11.1 Å². The summed E-state index contributed by atoms with van der Waals surface area (Å²) in [5.41, 5.74) is 4.17. The molecule has 2 aromatic rings. The molecule has 1 heterocycles. The maximum Gasteiger partial charge on any atom is 0.238 e. The summed E-state index contributed by atoms with van der Waals surface area (Å²) in [6, 6.07) is 9.64. The highest BCUT2D eigenvalue weighted by molar-refractivity contribution is 5.78. The van der Waals surface area contributed by atoms with Crippen LogP contribution < -0.4 is 11.3 Å². The molecule has 0 unspecified atom stereocenters. The monoisotopic (exact) mass is 230 g/mol. The Balaban J connectivity index is 2.18. The third-order valence-electron chi connectivity index (χ3n) is 2.52. The zero-order chi connectivity index (χ0) is 12.1. The van der Waals surface area contributed by atoms with E-state index >= 15 is 0 Å². The van der Waals surface area contributed by atoms with Gasteiger partial charge in [0.25, 0.3) is 0 Å². The fourth-order valence-corrected chi connectivity index (χ4v) is 1.68. The molecule has 0 radical (unpaired) electrons. The van der Waals surface area contributed by atoms with Crippen LogP contribution in [0.3, 0.4) is 0 Å². The SMILES string of the molecule is NNC(=O)Cc1ccccc1Cn1cccn1. The van der Waals surface area contributed by atoms with Gasteiger partial charge in [-0.2, -0.15) is 5.10 Å². The molecule has 0 aliphatic rings. The molecule has 5 nitrogen and oxygen atoms in total. The lowest BCUT2D eigenvalue weighted by Gasteiger charge is -2.08. The second-order valence-electron chi connectivity index (χ2n) is 3.72. The Morgan fingerprint density at radius 1 is 1.29 bits per heavy atom. The van der Waals surface area contributed by atoms with Crippen LogP contribution in [-0.4, -0.2) is 15.7 Å². The molecular weight excluding hydrogens is 216 g/mol. The summed E-state index contributed by atoms with van der Waals surface area (Å²) < 4.78 is 1.82. The number of amides is 1. The zero-order valence-corrected chi connectivity index (χ0v) is 9.34. The molecule has 0 saturated heterocycles. The number of benzene rings is 1. The minimum atomic E-state index is -0.196. The Bertz CT molecular complexity index is 493. The topological polar surface area (TPSA) is 72.9 Å². The maximum atomic E-state index is 11.3. The number of hydrazine groups is 1. The first-order chi connectivity index (χ1) is 8.29. The van der Waals surface area contributed by atoms with Gasteiger partial charge in [-0.15, -0.1) is 0 Å². The van der Waals surface area contributed by atoms with Gasteiger partial charge in [0.15, 0.2) is 0 Å². The quantitative estimate of drug-likeness (QED) is 0.455. The predicted octanol–water partition coefficient (Wildman–Crippen LogP) is 0.464. The largest absolute Gasteiger partial charge is 0.294 e. The molecule has 3 N–H and O–H groups in total. The van der Waals surface area contributed by atoms with Gasteiger partial charge < -0.3 is 0 Å². The molecule has 1 aromatic carbocycles. The molecule has 0 saturated carbocycles. The molecule has 0 spiro atoms. The average molecular weight is 230 g/mol. The molecule has 88 valence electrons. The first-order valence-corrected chi connectivity index (χ1v) is 5.33. The lowest BCUT2D eigenvalue weighted by Crippen LogP contribution is -2.31. The second kappa shape index (κ2) is 5.27. The third-order valence-corrected chi connectivity index (χ3v) is 2.52. The lowest BCUT2D eigenvalue weighted by molar-refractivity contribution is -0.120. The standard InChI is InChI=1S/C12H14N4O/c13-15-12(17)8-10-4-1-2-5-11(10)9-16-7-3-6-14-16/h1-7H,8-9,13H2,(H,15,17). The van der Waals surface area contributed by atoms with Crippen LogP contribution in [-0.2, 0) is 17.8 Å². The fourth-order valence-electron chi connectivity index (χ4n) is 1.68. The first kappa shape index (κ1) is 11.3. The summed E-state index contributed by atoms with van der Waals surface area (Å²) >= 11 is 0. The smallest absolute Gasteiger partial charge is 0.238 e. The van der Waals surface area contributed by atoms with Crippen LogP contribution in [0.4, 0.5) is 0 Å². The van der Waals surface area contributed by atoms with Crippen molar-refractivity contribution in [3.05, 3.63) is 53.9 Å². The number of nitrogens with one attached hydrogen (secondary N) is 1. The molecule has 2 rings (SSSR count). The van der Waals surface area contributed by atoms with Gasteiger partial charge in [0, 0.05) is 12.4 Å². The van der Waals surface area contributed by atoms with Crippen molar-refractivity contribution in [2.24, 2.45) is 5.84 Å². The fraction of sp³-hybridized carbons (Fsp3) is 0.167. The van der Waals surface area contributed by atoms with Gasteiger partial charge in [-0.3, -0.25) is 14.9 Å². The van der Waals surface area contributed by atoms with Gasteiger partial charge in [-0.1, -0.05) is 24.3 Å².